The maximum atomic E-state index is 12.0. The molecule has 0 N–H and O–H groups in total. The fourth-order valence-electron chi connectivity index (χ4n) is 1.25. The standard InChI is InChI=1S/C11H5Br2ClO2/c12-7-3-1-2-6(10(7)14)11(15)8-4-5-9(13)16-8/h1-5H. The van der Waals surface area contributed by atoms with E-state index in [1.165, 1.54) is 0 Å². The van der Waals surface area contributed by atoms with Gasteiger partial charge in [-0.25, -0.2) is 0 Å². The van der Waals surface area contributed by atoms with Gasteiger partial charge in [0, 0.05) is 10.0 Å². The summed E-state index contributed by atoms with van der Waals surface area (Å²) in [5.74, 6) is 0.0175. The molecule has 1 aromatic carbocycles. The van der Waals surface area contributed by atoms with Gasteiger partial charge in [0.25, 0.3) is 0 Å². The zero-order chi connectivity index (χ0) is 11.7. The van der Waals surface area contributed by atoms with Crippen LogP contribution in [0.3, 0.4) is 0 Å². The van der Waals surface area contributed by atoms with Gasteiger partial charge in [-0.2, -0.15) is 0 Å². The highest BCUT2D eigenvalue weighted by Crippen LogP contribution is 2.28. The van der Waals surface area contributed by atoms with Crippen LogP contribution in [0, 0.1) is 0 Å². The van der Waals surface area contributed by atoms with Gasteiger partial charge < -0.3 is 4.42 Å². The summed E-state index contributed by atoms with van der Waals surface area (Å²) < 4.78 is 6.39. The van der Waals surface area contributed by atoms with Crippen LogP contribution < -0.4 is 0 Å². The number of carbonyl (C=O) groups excluding carboxylic acids is 1. The molecule has 2 nitrogen and oxygen atoms in total. The topological polar surface area (TPSA) is 30.2 Å². The maximum Gasteiger partial charge on any atom is 0.229 e. The summed E-state index contributed by atoms with van der Waals surface area (Å²) in [5, 5.41) is 0.389. The molecule has 0 amide bonds. The first-order valence-corrected chi connectivity index (χ1v) is 6.30. The van der Waals surface area contributed by atoms with E-state index < -0.39 is 0 Å². The summed E-state index contributed by atoms with van der Waals surface area (Å²) in [6.07, 6.45) is 0. The average Bonchev–Trinajstić information content (AvgIpc) is 2.68. The lowest BCUT2D eigenvalue weighted by Gasteiger charge is -2.02. The normalized spacial score (nSPS) is 10.4. The predicted octanol–water partition coefficient (Wildman–Crippen LogP) is 4.69. The van der Waals surface area contributed by atoms with Crippen molar-refractivity contribution in [1.82, 2.24) is 0 Å². The Kier molecular flexibility index (Phi) is 3.52. The smallest absolute Gasteiger partial charge is 0.229 e. The molecule has 0 unspecified atom stereocenters. The monoisotopic (exact) mass is 362 g/mol. The van der Waals surface area contributed by atoms with Gasteiger partial charge in [0.1, 0.15) is 0 Å². The van der Waals surface area contributed by atoms with Gasteiger partial charge in [0.15, 0.2) is 10.4 Å². The summed E-state index contributed by atoms with van der Waals surface area (Å²) in [4.78, 5) is 12.0. The molecule has 0 spiro atoms. The highest BCUT2D eigenvalue weighted by Gasteiger charge is 2.17. The molecule has 0 atom stereocenters. The molecule has 0 aliphatic heterocycles. The number of ketones is 1. The van der Waals surface area contributed by atoms with Crippen molar-refractivity contribution in [3.8, 4) is 0 Å². The van der Waals surface area contributed by atoms with E-state index in [2.05, 4.69) is 31.9 Å². The average molecular weight is 364 g/mol. The number of halogens is 3. The first-order chi connectivity index (χ1) is 7.59. The Morgan fingerprint density at radius 3 is 2.56 bits per heavy atom. The van der Waals surface area contributed by atoms with Crippen molar-refractivity contribution >= 4 is 49.2 Å². The van der Waals surface area contributed by atoms with Gasteiger partial charge in [-0.15, -0.1) is 0 Å². The van der Waals surface area contributed by atoms with Crippen molar-refractivity contribution in [3.05, 3.63) is 55.8 Å². The summed E-state index contributed by atoms with van der Waals surface area (Å²) in [5.41, 5.74) is 0.415. The summed E-state index contributed by atoms with van der Waals surface area (Å²) in [6, 6.07) is 8.45. The minimum atomic E-state index is -0.239. The van der Waals surface area contributed by atoms with Crippen molar-refractivity contribution in [1.29, 1.82) is 0 Å². The minimum absolute atomic E-state index is 0.239. The van der Waals surface area contributed by atoms with Gasteiger partial charge in [-0.1, -0.05) is 17.7 Å². The zero-order valence-electron chi connectivity index (χ0n) is 7.84. The van der Waals surface area contributed by atoms with Crippen molar-refractivity contribution in [2.45, 2.75) is 0 Å². The van der Waals surface area contributed by atoms with Crippen LogP contribution in [-0.4, -0.2) is 5.78 Å². The van der Waals surface area contributed by atoms with Crippen LogP contribution in [0.25, 0.3) is 0 Å². The Morgan fingerprint density at radius 2 is 1.94 bits per heavy atom. The Bertz CT molecular complexity index is 549. The fourth-order valence-corrected chi connectivity index (χ4v) is 2.13. The number of carbonyl (C=O) groups is 1. The lowest BCUT2D eigenvalue weighted by molar-refractivity contribution is 0.101. The fraction of sp³-hybridized carbons (Fsp3) is 0. The Balaban J connectivity index is 2.45. The molecule has 2 rings (SSSR count). The summed E-state index contributed by atoms with van der Waals surface area (Å²) in [7, 11) is 0. The summed E-state index contributed by atoms with van der Waals surface area (Å²) in [6.45, 7) is 0. The first-order valence-electron chi connectivity index (χ1n) is 4.33. The molecule has 0 saturated carbocycles. The van der Waals surface area contributed by atoms with Gasteiger partial charge in [0.05, 0.1) is 5.02 Å². The molecular formula is C11H5Br2ClO2. The van der Waals surface area contributed by atoms with Crippen molar-refractivity contribution in [2.24, 2.45) is 0 Å². The Hall–Kier alpha value is -0.580. The largest absolute Gasteiger partial charge is 0.446 e. The van der Waals surface area contributed by atoms with Crippen LogP contribution in [0.15, 0.2) is 43.9 Å². The van der Waals surface area contributed by atoms with Gasteiger partial charge in [-0.05, 0) is 56.1 Å². The van der Waals surface area contributed by atoms with Crippen molar-refractivity contribution in [2.75, 3.05) is 0 Å². The zero-order valence-corrected chi connectivity index (χ0v) is 11.8. The third-order valence-corrected chi connectivity index (χ3v) is 3.72. The van der Waals surface area contributed by atoms with Crippen LogP contribution in [0.4, 0.5) is 0 Å². The molecule has 16 heavy (non-hydrogen) atoms. The minimum Gasteiger partial charge on any atom is -0.446 e. The van der Waals surface area contributed by atoms with E-state index in [1.54, 1.807) is 30.3 Å². The van der Waals surface area contributed by atoms with Gasteiger partial charge in [0.2, 0.25) is 5.78 Å². The molecule has 82 valence electrons. The lowest BCUT2D eigenvalue weighted by Crippen LogP contribution is -2.00. The van der Waals surface area contributed by atoms with E-state index in [4.69, 9.17) is 16.0 Å². The number of benzene rings is 1. The van der Waals surface area contributed by atoms with E-state index in [0.717, 1.165) is 0 Å². The van der Waals surface area contributed by atoms with Gasteiger partial charge >= 0.3 is 0 Å². The van der Waals surface area contributed by atoms with Crippen LogP contribution in [0.1, 0.15) is 16.1 Å². The highest BCUT2D eigenvalue weighted by molar-refractivity contribution is 9.10. The van der Waals surface area contributed by atoms with Crippen LogP contribution >= 0.6 is 43.5 Å². The third kappa shape index (κ3) is 2.24. The molecular weight excluding hydrogens is 359 g/mol. The lowest BCUT2D eigenvalue weighted by atomic mass is 10.1. The Morgan fingerprint density at radius 1 is 1.19 bits per heavy atom. The van der Waals surface area contributed by atoms with E-state index in [1.807, 2.05) is 0 Å². The number of furan rings is 1. The van der Waals surface area contributed by atoms with E-state index in [-0.39, 0.29) is 11.5 Å². The quantitative estimate of drug-likeness (QED) is 0.724. The third-order valence-electron chi connectivity index (χ3n) is 1.99. The SMILES string of the molecule is O=C(c1ccc(Br)o1)c1cccc(Br)c1Cl. The summed E-state index contributed by atoms with van der Waals surface area (Å²) >= 11 is 12.4. The Labute approximate surface area is 114 Å². The highest BCUT2D eigenvalue weighted by atomic mass is 79.9. The van der Waals surface area contributed by atoms with Crippen molar-refractivity contribution < 1.29 is 9.21 Å². The predicted molar refractivity (Wildman–Crippen MR) is 69.0 cm³/mol. The van der Waals surface area contributed by atoms with E-state index in [9.17, 15) is 4.79 Å². The maximum absolute atomic E-state index is 12.0. The molecule has 0 bridgehead atoms. The molecule has 5 heteroatoms. The van der Waals surface area contributed by atoms with Crippen LogP contribution in [0.5, 0.6) is 0 Å². The van der Waals surface area contributed by atoms with Gasteiger partial charge in [-0.3, -0.25) is 4.79 Å². The van der Waals surface area contributed by atoms with Crippen LogP contribution in [0.2, 0.25) is 5.02 Å². The molecule has 0 radical (unpaired) electrons. The van der Waals surface area contributed by atoms with E-state index in [0.29, 0.717) is 19.7 Å². The van der Waals surface area contributed by atoms with Crippen molar-refractivity contribution in [3.63, 3.8) is 0 Å². The molecule has 0 aliphatic carbocycles. The molecule has 2 aromatic rings. The second-order valence-corrected chi connectivity index (χ2v) is 5.05. The molecule has 0 saturated heterocycles. The molecule has 1 aromatic heterocycles. The number of hydrogen-bond acceptors (Lipinski definition) is 2. The number of rotatable bonds is 2. The molecule has 1 heterocycles. The second-order valence-electron chi connectivity index (χ2n) is 3.03. The van der Waals surface area contributed by atoms with E-state index >= 15 is 0 Å². The molecule has 0 fully saturated rings. The molecule has 0 aliphatic rings. The van der Waals surface area contributed by atoms with Crippen LogP contribution in [-0.2, 0) is 0 Å². The second kappa shape index (κ2) is 4.73. The number of hydrogen-bond donors (Lipinski definition) is 0. The first kappa shape index (κ1) is 11.9.